The number of carbonyl (C=O) groups is 2. The van der Waals surface area contributed by atoms with E-state index in [1.807, 2.05) is 23.1 Å². The summed E-state index contributed by atoms with van der Waals surface area (Å²) in [6.07, 6.45) is 8.86. The average molecular weight is 442 g/mol. The highest BCUT2D eigenvalue weighted by Gasteiger charge is 2.44. The number of amides is 3. The highest BCUT2D eigenvalue weighted by molar-refractivity contribution is 5.77. The standard InChI is InChI=1S/C26H39N3O3/c1-19(2)18-27-24(30)16-20-17-26(32-23-11-7-6-10-22(20)23)12-14-29(15-13-26)25(31)28-21-8-4-3-5-9-21/h6-7,10-11,19-21H,3-5,8-9,12-18H2,1-2H3,(H,27,30)(H,28,31)/t20-/m1/s1. The van der Waals surface area contributed by atoms with E-state index in [4.69, 9.17) is 4.74 Å². The van der Waals surface area contributed by atoms with Crippen LogP contribution in [0.25, 0.3) is 0 Å². The quantitative estimate of drug-likeness (QED) is 0.702. The van der Waals surface area contributed by atoms with E-state index in [-0.39, 0.29) is 23.5 Å². The number of hydrogen-bond acceptors (Lipinski definition) is 3. The van der Waals surface area contributed by atoms with Crippen LogP contribution in [0.1, 0.15) is 83.1 Å². The molecule has 3 aliphatic rings. The van der Waals surface area contributed by atoms with Crippen molar-refractivity contribution in [2.45, 2.75) is 89.2 Å². The maximum atomic E-state index is 12.8. The molecule has 176 valence electrons. The van der Waals surface area contributed by atoms with Gasteiger partial charge in [-0.05, 0) is 36.8 Å². The van der Waals surface area contributed by atoms with Crippen LogP contribution in [0.5, 0.6) is 5.75 Å². The van der Waals surface area contributed by atoms with Crippen LogP contribution in [0.2, 0.25) is 0 Å². The van der Waals surface area contributed by atoms with E-state index < -0.39 is 0 Å². The molecule has 2 fully saturated rings. The summed E-state index contributed by atoms with van der Waals surface area (Å²) in [7, 11) is 0. The Morgan fingerprint density at radius 3 is 2.56 bits per heavy atom. The van der Waals surface area contributed by atoms with Gasteiger partial charge < -0.3 is 20.3 Å². The summed E-state index contributed by atoms with van der Waals surface area (Å²) in [6.45, 7) is 6.33. The highest BCUT2D eigenvalue weighted by atomic mass is 16.5. The van der Waals surface area contributed by atoms with E-state index in [2.05, 4.69) is 30.5 Å². The summed E-state index contributed by atoms with van der Waals surface area (Å²) in [4.78, 5) is 27.4. The van der Waals surface area contributed by atoms with Crippen LogP contribution in [0.4, 0.5) is 4.79 Å². The highest BCUT2D eigenvalue weighted by Crippen LogP contribution is 2.46. The molecule has 1 aromatic carbocycles. The first-order valence-corrected chi connectivity index (χ1v) is 12.5. The fraction of sp³-hybridized carbons (Fsp3) is 0.692. The zero-order valence-electron chi connectivity index (χ0n) is 19.7. The van der Waals surface area contributed by atoms with Gasteiger partial charge in [0.15, 0.2) is 0 Å². The van der Waals surface area contributed by atoms with Crippen LogP contribution >= 0.6 is 0 Å². The van der Waals surface area contributed by atoms with Gasteiger partial charge in [-0.15, -0.1) is 0 Å². The molecule has 1 saturated heterocycles. The van der Waals surface area contributed by atoms with Crippen LogP contribution in [-0.4, -0.2) is 48.1 Å². The first-order valence-electron chi connectivity index (χ1n) is 12.5. The molecule has 4 rings (SSSR count). The molecule has 2 N–H and O–H groups in total. The molecule has 6 heteroatoms. The van der Waals surface area contributed by atoms with E-state index in [1.54, 1.807) is 0 Å². The molecule has 0 bridgehead atoms. The predicted octanol–water partition coefficient (Wildman–Crippen LogP) is 4.59. The number of para-hydroxylation sites is 1. The van der Waals surface area contributed by atoms with Gasteiger partial charge in [0.25, 0.3) is 0 Å². The van der Waals surface area contributed by atoms with E-state index in [9.17, 15) is 9.59 Å². The van der Waals surface area contributed by atoms with E-state index in [0.717, 1.165) is 43.4 Å². The maximum absolute atomic E-state index is 12.8. The second kappa shape index (κ2) is 10.1. The minimum Gasteiger partial charge on any atom is -0.487 e. The molecule has 1 atom stereocenters. The van der Waals surface area contributed by atoms with Crippen molar-refractivity contribution in [3.8, 4) is 5.75 Å². The molecule has 32 heavy (non-hydrogen) atoms. The number of urea groups is 1. The number of piperidine rings is 1. The number of nitrogens with one attached hydrogen (secondary N) is 2. The number of hydrogen-bond donors (Lipinski definition) is 2. The zero-order chi connectivity index (χ0) is 22.6. The first-order chi connectivity index (χ1) is 15.4. The third-order valence-corrected chi connectivity index (χ3v) is 7.34. The molecular formula is C26H39N3O3. The van der Waals surface area contributed by atoms with Crippen LogP contribution in [0, 0.1) is 5.92 Å². The molecule has 1 spiro atoms. The van der Waals surface area contributed by atoms with Crippen molar-refractivity contribution < 1.29 is 14.3 Å². The lowest BCUT2D eigenvalue weighted by atomic mass is 9.76. The number of ether oxygens (including phenoxy) is 1. The van der Waals surface area contributed by atoms with Crippen molar-refractivity contribution in [1.29, 1.82) is 0 Å². The molecule has 0 unspecified atom stereocenters. The summed E-state index contributed by atoms with van der Waals surface area (Å²) in [5.74, 6) is 1.60. The fourth-order valence-electron chi connectivity index (χ4n) is 5.48. The third-order valence-electron chi connectivity index (χ3n) is 7.34. The third kappa shape index (κ3) is 5.57. The lowest BCUT2D eigenvalue weighted by Crippen LogP contribution is -2.55. The lowest BCUT2D eigenvalue weighted by molar-refractivity contribution is -0.122. The predicted molar refractivity (Wildman–Crippen MR) is 126 cm³/mol. The van der Waals surface area contributed by atoms with Crippen molar-refractivity contribution in [1.82, 2.24) is 15.5 Å². The van der Waals surface area contributed by atoms with Crippen LogP contribution < -0.4 is 15.4 Å². The van der Waals surface area contributed by atoms with Gasteiger partial charge >= 0.3 is 6.03 Å². The summed E-state index contributed by atoms with van der Waals surface area (Å²) in [5.41, 5.74) is 0.842. The molecule has 1 saturated carbocycles. The number of fused-ring (bicyclic) bond motifs is 1. The molecule has 2 aliphatic heterocycles. The van der Waals surface area contributed by atoms with Gasteiger partial charge in [0.05, 0.1) is 0 Å². The number of benzene rings is 1. The van der Waals surface area contributed by atoms with Gasteiger partial charge in [-0.2, -0.15) is 0 Å². The summed E-state index contributed by atoms with van der Waals surface area (Å²) >= 11 is 0. The van der Waals surface area contributed by atoms with Crippen molar-refractivity contribution in [2.24, 2.45) is 5.92 Å². The molecule has 0 radical (unpaired) electrons. The topological polar surface area (TPSA) is 70.7 Å². The Labute approximate surface area is 192 Å². The molecule has 2 heterocycles. The fourth-order valence-corrected chi connectivity index (χ4v) is 5.48. The smallest absolute Gasteiger partial charge is 0.317 e. The molecule has 0 aromatic heterocycles. The van der Waals surface area contributed by atoms with Crippen LogP contribution in [0.3, 0.4) is 0 Å². The van der Waals surface area contributed by atoms with Crippen molar-refractivity contribution in [2.75, 3.05) is 19.6 Å². The van der Waals surface area contributed by atoms with Gasteiger partial charge in [-0.1, -0.05) is 51.3 Å². The Hall–Kier alpha value is -2.24. The minimum atomic E-state index is -0.293. The Morgan fingerprint density at radius 2 is 1.84 bits per heavy atom. The van der Waals surface area contributed by atoms with E-state index >= 15 is 0 Å². The van der Waals surface area contributed by atoms with Gasteiger partial charge in [0, 0.05) is 50.9 Å². The number of carbonyl (C=O) groups excluding carboxylic acids is 2. The van der Waals surface area contributed by atoms with Gasteiger partial charge in [-0.3, -0.25) is 4.79 Å². The largest absolute Gasteiger partial charge is 0.487 e. The summed E-state index contributed by atoms with van der Waals surface area (Å²) in [6, 6.07) is 8.55. The van der Waals surface area contributed by atoms with Gasteiger partial charge in [0.2, 0.25) is 5.91 Å². The van der Waals surface area contributed by atoms with E-state index in [1.165, 1.54) is 19.3 Å². The minimum absolute atomic E-state index is 0.0765. The van der Waals surface area contributed by atoms with Crippen molar-refractivity contribution in [3.63, 3.8) is 0 Å². The molecule has 1 aliphatic carbocycles. The van der Waals surface area contributed by atoms with Crippen LogP contribution in [-0.2, 0) is 4.79 Å². The van der Waals surface area contributed by atoms with Crippen LogP contribution in [0.15, 0.2) is 24.3 Å². The Morgan fingerprint density at radius 1 is 1.12 bits per heavy atom. The Kier molecular flexibility index (Phi) is 7.27. The maximum Gasteiger partial charge on any atom is 0.317 e. The number of likely N-dealkylation sites (tertiary alicyclic amines) is 1. The molecular weight excluding hydrogens is 402 g/mol. The van der Waals surface area contributed by atoms with E-state index in [0.29, 0.717) is 38.0 Å². The monoisotopic (exact) mass is 441 g/mol. The molecule has 3 amide bonds. The number of rotatable bonds is 5. The second-order valence-electron chi connectivity index (χ2n) is 10.4. The second-order valence-corrected chi connectivity index (χ2v) is 10.4. The SMILES string of the molecule is CC(C)CNC(=O)C[C@@H]1CC2(CCN(C(=O)NC3CCCCC3)CC2)Oc2ccccc21. The molecule has 1 aromatic rings. The van der Waals surface area contributed by atoms with Crippen molar-refractivity contribution >= 4 is 11.9 Å². The summed E-state index contributed by atoms with van der Waals surface area (Å²) < 4.78 is 6.56. The van der Waals surface area contributed by atoms with Gasteiger partial charge in [-0.25, -0.2) is 4.79 Å². The Bertz CT molecular complexity index is 795. The molecule has 6 nitrogen and oxygen atoms in total. The van der Waals surface area contributed by atoms with Gasteiger partial charge in [0.1, 0.15) is 11.4 Å². The average Bonchev–Trinajstić information content (AvgIpc) is 2.79. The summed E-state index contributed by atoms with van der Waals surface area (Å²) in [5, 5.41) is 6.32. The normalized spacial score (nSPS) is 22.8. The lowest BCUT2D eigenvalue weighted by Gasteiger charge is -2.47. The Balaban J connectivity index is 1.38. The number of nitrogens with zero attached hydrogens (tertiary/aromatic N) is 1. The zero-order valence-corrected chi connectivity index (χ0v) is 19.7. The van der Waals surface area contributed by atoms with Crippen molar-refractivity contribution in [3.05, 3.63) is 29.8 Å². The first kappa shape index (κ1) is 22.9.